The van der Waals surface area contributed by atoms with Gasteiger partial charge in [-0.25, -0.2) is 0 Å². The van der Waals surface area contributed by atoms with Crippen molar-refractivity contribution in [3.8, 4) is 0 Å². The third-order valence-corrected chi connectivity index (χ3v) is 4.46. The third kappa shape index (κ3) is 4.29. The molecule has 0 aromatic heterocycles. The highest BCUT2D eigenvalue weighted by Crippen LogP contribution is 2.34. The molecule has 2 rings (SSSR count). The monoisotopic (exact) mass is 341 g/mol. The number of aliphatic imine (C=N–C) groups is 1. The largest absolute Gasteiger partial charge is 0.410 e. The van der Waals surface area contributed by atoms with Crippen molar-refractivity contribution in [2.75, 3.05) is 19.6 Å². The first-order chi connectivity index (χ1) is 11.3. The van der Waals surface area contributed by atoms with E-state index in [1.54, 1.807) is 6.92 Å². The minimum Gasteiger partial charge on any atom is -0.347 e. The number of hydrogen-bond donors (Lipinski definition) is 1. The van der Waals surface area contributed by atoms with Crippen molar-refractivity contribution in [3.63, 3.8) is 0 Å². The highest BCUT2D eigenvalue weighted by Gasteiger charge is 2.46. The molecule has 0 saturated carbocycles. The number of aryl methyl sites for hydroxylation is 1. The molecule has 0 spiro atoms. The van der Waals surface area contributed by atoms with Crippen LogP contribution in [0.15, 0.2) is 29.3 Å². The van der Waals surface area contributed by atoms with E-state index in [1.807, 2.05) is 31.2 Å². The Morgan fingerprint density at radius 2 is 1.92 bits per heavy atom. The van der Waals surface area contributed by atoms with E-state index >= 15 is 0 Å². The summed E-state index contributed by atoms with van der Waals surface area (Å²) in [5, 5.41) is 2.80. The summed E-state index contributed by atoms with van der Waals surface area (Å²) in [6.45, 7) is 6.42. The number of rotatable bonds is 7. The normalized spacial score (nSPS) is 22.2. The summed E-state index contributed by atoms with van der Waals surface area (Å²) in [5.41, 5.74) is 1.55. The molecule has 3 nitrogen and oxygen atoms in total. The average Bonchev–Trinajstić information content (AvgIpc) is 2.91. The van der Waals surface area contributed by atoms with Gasteiger partial charge >= 0.3 is 6.18 Å². The lowest BCUT2D eigenvalue weighted by atomic mass is 9.91. The fourth-order valence-electron chi connectivity index (χ4n) is 3.02. The standard InChI is InChI=1S/C18H26F3N3/c1-4-6-14-7-9-15(10-8-14)17(3)12-24(13-23-17)16(11-22-5-2)18(19,20)21/h7-10,13,16,22H,4-6,11-12H2,1-3H3/t16-,17?/m1/s1. The number of nitrogens with one attached hydrogen (secondary N) is 1. The molecular weight excluding hydrogens is 315 g/mol. The van der Waals surface area contributed by atoms with Gasteiger partial charge in [0.15, 0.2) is 0 Å². The van der Waals surface area contributed by atoms with E-state index in [0.717, 1.165) is 18.4 Å². The van der Waals surface area contributed by atoms with Crippen LogP contribution in [0.25, 0.3) is 0 Å². The first kappa shape index (κ1) is 18.8. The topological polar surface area (TPSA) is 27.6 Å². The van der Waals surface area contributed by atoms with Crippen molar-refractivity contribution in [3.05, 3.63) is 35.4 Å². The van der Waals surface area contributed by atoms with Crippen LogP contribution in [0, 0.1) is 0 Å². The Kier molecular flexibility index (Phi) is 5.91. The fraction of sp³-hybridized carbons (Fsp3) is 0.611. The summed E-state index contributed by atoms with van der Waals surface area (Å²) in [4.78, 5) is 5.72. The Morgan fingerprint density at radius 3 is 2.46 bits per heavy atom. The van der Waals surface area contributed by atoms with Gasteiger partial charge in [-0.05, 0) is 31.0 Å². The fourth-order valence-corrected chi connectivity index (χ4v) is 3.02. The van der Waals surface area contributed by atoms with Crippen molar-refractivity contribution >= 4 is 6.34 Å². The number of hydrogen-bond acceptors (Lipinski definition) is 3. The molecule has 1 heterocycles. The van der Waals surface area contributed by atoms with Crippen molar-refractivity contribution < 1.29 is 13.2 Å². The summed E-state index contributed by atoms with van der Waals surface area (Å²) in [5.74, 6) is 0. The van der Waals surface area contributed by atoms with Crippen LogP contribution in [0.1, 0.15) is 38.3 Å². The molecule has 2 atom stereocenters. The van der Waals surface area contributed by atoms with Gasteiger partial charge in [0.25, 0.3) is 0 Å². The molecule has 0 aliphatic carbocycles. The molecule has 1 aliphatic rings. The van der Waals surface area contributed by atoms with E-state index in [4.69, 9.17) is 0 Å². The summed E-state index contributed by atoms with van der Waals surface area (Å²) in [7, 11) is 0. The van der Waals surface area contributed by atoms with Crippen LogP contribution in [-0.2, 0) is 12.0 Å². The summed E-state index contributed by atoms with van der Waals surface area (Å²) >= 11 is 0. The van der Waals surface area contributed by atoms with Crippen molar-refractivity contribution in [1.29, 1.82) is 0 Å². The van der Waals surface area contributed by atoms with Gasteiger partial charge in [-0.3, -0.25) is 4.99 Å². The van der Waals surface area contributed by atoms with Crippen LogP contribution < -0.4 is 5.32 Å². The number of benzene rings is 1. The Hall–Kier alpha value is -1.56. The predicted octanol–water partition coefficient (Wildman–Crippen LogP) is 3.74. The van der Waals surface area contributed by atoms with Gasteiger partial charge in [-0.1, -0.05) is 44.5 Å². The molecule has 0 saturated heterocycles. The predicted molar refractivity (Wildman–Crippen MR) is 91.4 cm³/mol. The van der Waals surface area contributed by atoms with Crippen LogP contribution in [0.4, 0.5) is 13.2 Å². The lowest BCUT2D eigenvalue weighted by molar-refractivity contribution is -0.171. The van der Waals surface area contributed by atoms with E-state index in [2.05, 4.69) is 17.2 Å². The van der Waals surface area contributed by atoms with Crippen LogP contribution >= 0.6 is 0 Å². The number of likely N-dealkylation sites (N-methyl/N-ethyl adjacent to an activating group) is 1. The zero-order valence-electron chi connectivity index (χ0n) is 14.5. The Balaban J connectivity index is 2.13. The highest BCUT2D eigenvalue weighted by atomic mass is 19.4. The first-order valence-electron chi connectivity index (χ1n) is 8.48. The Labute approximate surface area is 142 Å². The van der Waals surface area contributed by atoms with Gasteiger partial charge < -0.3 is 10.2 Å². The van der Waals surface area contributed by atoms with Crippen molar-refractivity contribution in [2.45, 2.75) is 51.4 Å². The van der Waals surface area contributed by atoms with E-state index in [-0.39, 0.29) is 13.1 Å². The molecule has 1 unspecified atom stereocenters. The molecule has 0 amide bonds. The van der Waals surface area contributed by atoms with Crippen LogP contribution in [0.5, 0.6) is 0 Å². The minimum absolute atomic E-state index is 0.127. The second-order valence-electron chi connectivity index (χ2n) is 6.50. The molecule has 134 valence electrons. The summed E-state index contributed by atoms with van der Waals surface area (Å²) in [6, 6.07) is 6.50. The smallest absolute Gasteiger partial charge is 0.347 e. The van der Waals surface area contributed by atoms with Gasteiger partial charge in [0.1, 0.15) is 11.6 Å². The maximum absolute atomic E-state index is 13.3. The molecule has 24 heavy (non-hydrogen) atoms. The van der Waals surface area contributed by atoms with E-state index in [0.29, 0.717) is 6.54 Å². The second kappa shape index (κ2) is 7.55. The van der Waals surface area contributed by atoms with Crippen molar-refractivity contribution in [1.82, 2.24) is 10.2 Å². The second-order valence-corrected chi connectivity index (χ2v) is 6.50. The van der Waals surface area contributed by atoms with E-state index in [9.17, 15) is 13.2 Å². The lowest BCUT2D eigenvalue weighted by Crippen LogP contribution is -2.51. The summed E-state index contributed by atoms with van der Waals surface area (Å²) < 4.78 is 40.0. The number of nitrogens with zero attached hydrogens (tertiary/aromatic N) is 2. The molecule has 1 aliphatic heterocycles. The van der Waals surface area contributed by atoms with Crippen LogP contribution in [-0.4, -0.2) is 43.1 Å². The van der Waals surface area contributed by atoms with Crippen LogP contribution in [0.2, 0.25) is 0 Å². The molecule has 0 bridgehead atoms. The molecular formula is C18H26F3N3. The first-order valence-corrected chi connectivity index (χ1v) is 8.48. The van der Waals surface area contributed by atoms with Gasteiger partial charge in [0, 0.05) is 13.1 Å². The Bertz CT molecular complexity index is 554. The Morgan fingerprint density at radius 1 is 1.25 bits per heavy atom. The molecule has 6 heteroatoms. The SMILES string of the molecule is CCCc1ccc(C2(C)CN([C@H](CNCC)C(F)(F)F)C=N2)cc1. The van der Waals surface area contributed by atoms with E-state index < -0.39 is 17.8 Å². The van der Waals surface area contributed by atoms with Gasteiger partial charge in [-0.15, -0.1) is 0 Å². The quantitative estimate of drug-likeness (QED) is 0.818. The molecule has 1 aromatic carbocycles. The van der Waals surface area contributed by atoms with Gasteiger partial charge in [0.05, 0.1) is 6.34 Å². The molecule has 1 aromatic rings. The molecule has 1 N–H and O–H groups in total. The maximum Gasteiger partial charge on any atom is 0.410 e. The van der Waals surface area contributed by atoms with E-state index in [1.165, 1.54) is 16.8 Å². The lowest BCUT2D eigenvalue weighted by Gasteiger charge is -2.32. The van der Waals surface area contributed by atoms with Crippen LogP contribution in [0.3, 0.4) is 0 Å². The highest BCUT2D eigenvalue weighted by molar-refractivity contribution is 5.61. The average molecular weight is 341 g/mol. The molecule has 0 radical (unpaired) electrons. The van der Waals surface area contributed by atoms with Crippen molar-refractivity contribution in [2.24, 2.45) is 4.99 Å². The zero-order chi connectivity index (χ0) is 17.8. The third-order valence-electron chi connectivity index (χ3n) is 4.46. The minimum atomic E-state index is -4.29. The zero-order valence-corrected chi connectivity index (χ0v) is 14.5. The molecule has 0 fully saturated rings. The number of alkyl halides is 3. The maximum atomic E-state index is 13.3. The number of halogens is 3. The summed E-state index contributed by atoms with van der Waals surface area (Å²) in [6.07, 6.45) is -0.856. The van der Waals surface area contributed by atoms with Gasteiger partial charge in [-0.2, -0.15) is 13.2 Å². The van der Waals surface area contributed by atoms with Gasteiger partial charge in [0.2, 0.25) is 0 Å².